The Kier molecular flexibility index (Phi) is 5.22. The van der Waals surface area contributed by atoms with Gasteiger partial charge in [-0.25, -0.2) is 0 Å². The average Bonchev–Trinajstić information content (AvgIpc) is 2.46. The van der Waals surface area contributed by atoms with Gasteiger partial charge in [0.15, 0.2) is 0 Å². The van der Waals surface area contributed by atoms with Crippen LogP contribution in [0.2, 0.25) is 0 Å². The van der Waals surface area contributed by atoms with Crippen LogP contribution in [-0.4, -0.2) is 32.6 Å². The van der Waals surface area contributed by atoms with E-state index < -0.39 is 5.56 Å². The van der Waals surface area contributed by atoms with E-state index in [9.17, 15) is 9.59 Å². The monoisotopic (exact) mass is 311 g/mol. The number of nitrogens with one attached hydrogen (secondary N) is 1. The number of aryl methyl sites for hydroxylation is 1. The van der Waals surface area contributed by atoms with Gasteiger partial charge in [0, 0.05) is 6.04 Å². The van der Waals surface area contributed by atoms with E-state index in [1.165, 1.54) is 6.42 Å². The van der Waals surface area contributed by atoms with Crippen molar-refractivity contribution in [2.45, 2.75) is 50.7 Å². The molecule has 2 rings (SSSR count). The van der Waals surface area contributed by atoms with Gasteiger partial charge in [0.1, 0.15) is 5.69 Å². The van der Waals surface area contributed by atoms with Crippen LogP contribution in [0.1, 0.15) is 38.3 Å². The zero-order valence-electron chi connectivity index (χ0n) is 12.3. The van der Waals surface area contributed by atoms with Crippen LogP contribution < -0.4 is 16.7 Å². The van der Waals surface area contributed by atoms with Crippen molar-refractivity contribution in [2.24, 2.45) is 5.92 Å². The summed E-state index contributed by atoms with van der Waals surface area (Å²) in [5.41, 5.74) is -0.156. The molecule has 1 aromatic heterocycles. The lowest BCUT2D eigenvalue weighted by Crippen LogP contribution is -2.42. The molecule has 1 fully saturated rings. The van der Waals surface area contributed by atoms with Crippen LogP contribution in [-0.2, 0) is 4.79 Å². The first-order valence-corrected chi connectivity index (χ1v) is 8.11. The van der Waals surface area contributed by atoms with Gasteiger partial charge in [-0.05, 0) is 25.7 Å². The Morgan fingerprint density at radius 1 is 1.43 bits per heavy atom. The van der Waals surface area contributed by atoms with Gasteiger partial charge in [-0.2, -0.15) is 4.68 Å². The summed E-state index contributed by atoms with van der Waals surface area (Å²) in [4.78, 5) is 23.6. The SMILES string of the molecule is Cc1nnc(SCC(=O)N[C@@H]2CCCC[C@H]2C)n(N)c1=O. The molecule has 1 heterocycles. The van der Waals surface area contributed by atoms with E-state index in [1.807, 2.05) is 0 Å². The first-order valence-electron chi connectivity index (χ1n) is 7.12. The number of carbonyl (C=O) groups excluding carboxylic acids is 1. The number of amides is 1. The van der Waals surface area contributed by atoms with Gasteiger partial charge < -0.3 is 11.2 Å². The van der Waals surface area contributed by atoms with Crippen molar-refractivity contribution >= 4 is 17.7 Å². The van der Waals surface area contributed by atoms with E-state index in [1.54, 1.807) is 6.92 Å². The maximum Gasteiger partial charge on any atom is 0.294 e. The molecule has 1 aliphatic rings. The maximum atomic E-state index is 12.0. The van der Waals surface area contributed by atoms with Crippen LogP contribution in [0.5, 0.6) is 0 Å². The highest BCUT2D eigenvalue weighted by Crippen LogP contribution is 2.23. The standard InChI is InChI=1S/C13H21N5O2S/c1-8-5-3-4-6-10(8)15-11(19)7-21-13-17-16-9(2)12(20)18(13)14/h8,10H,3-7,14H2,1-2H3,(H,15,19)/t8-,10-/m1/s1. The zero-order valence-corrected chi connectivity index (χ0v) is 13.2. The molecule has 0 bridgehead atoms. The molecule has 2 atom stereocenters. The lowest BCUT2D eigenvalue weighted by atomic mass is 9.86. The van der Waals surface area contributed by atoms with Gasteiger partial charge in [-0.1, -0.05) is 31.5 Å². The fourth-order valence-electron chi connectivity index (χ4n) is 2.48. The third-order valence-electron chi connectivity index (χ3n) is 3.81. The molecule has 1 amide bonds. The quantitative estimate of drug-likeness (QED) is 0.618. The first-order chi connectivity index (χ1) is 9.99. The average molecular weight is 311 g/mol. The van der Waals surface area contributed by atoms with Crippen LogP contribution in [0.15, 0.2) is 9.95 Å². The molecular formula is C13H21N5O2S. The molecular weight excluding hydrogens is 290 g/mol. The second kappa shape index (κ2) is 6.93. The molecule has 8 heteroatoms. The number of hydrogen-bond donors (Lipinski definition) is 2. The summed E-state index contributed by atoms with van der Waals surface area (Å²) in [6.07, 6.45) is 4.59. The number of thioether (sulfide) groups is 1. The van der Waals surface area contributed by atoms with Gasteiger partial charge >= 0.3 is 0 Å². The highest BCUT2D eigenvalue weighted by Gasteiger charge is 2.22. The number of aromatic nitrogens is 3. The molecule has 0 aliphatic heterocycles. The van der Waals surface area contributed by atoms with Crippen molar-refractivity contribution in [2.75, 3.05) is 11.6 Å². The lowest BCUT2D eigenvalue weighted by Gasteiger charge is -2.29. The van der Waals surface area contributed by atoms with Crippen LogP contribution >= 0.6 is 11.8 Å². The van der Waals surface area contributed by atoms with E-state index in [0.29, 0.717) is 5.92 Å². The predicted octanol–water partition coefficient (Wildman–Crippen LogP) is 0.448. The van der Waals surface area contributed by atoms with Crippen molar-refractivity contribution in [3.63, 3.8) is 0 Å². The molecule has 116 valence electrons. The summed E-state index contributed by atoms with van der Waals surface area (Å²) in [5, 5.41) is 10.9. The Morgan fingerprint density at radius 3 is 2.86 bits per heavy atom. The number of rotatable bonds is 4. The molecule has 7 nitrogen and oxygen atoms in total. The van der Waals surface area contributed by atoms with E-state index in [-0.39, 0.29) is 28.6 Å². The Balaban J connectivity index is 1.89. The topological polar surface area (TPSA) is 103 Å². The highest BCUT2D eigenvalue weighted by atomic mass is 32.2. The number of nitrogen functional groups attached to an aromatic ring is 1. The van der Waals surface area contributed by atoms with Gasteiger partial charge in [-0.15, -0.1) is 10.2 Å². The minimum Gasteiger partial charge on any atom is -0.352 e. The summed E-state index contributed by atoms with van der Waals surface area (Å²) < 4.78 is 0.934. The Morgan fingerprint density at radius 2 is 2.14 bits per heavy atom. The fourth-order valence-corrected chi connectivity index (χ4v) is 3.14. The second-order valence-corrected chi connectivity index (χ2v) is 6.41. The minimum atomic E-state index is -0.395. The van der Waals surface area contributed by atoms with E-state index in [0.717, 1.165) is 35.7 Å². The van der Waals surface area contributed by atoms with Crippen molar-refractivity contribution in [3.05, 3.63) is 16.0 Å². The van der Waals surface area contributed by atoms with Crippen LogP contribution in [0.3, 0.4) is 0 Å². The first kappa shape index (κ1) is 15.8. The molecule has 0 saturated heterocycles. The Labute approximate surface area is 127 Å². The molecule has 3 N–H and O–H groups in total. The van der Waals surface area contributed by atoms with Crippen molar-refractivity contribution < 1.29 is 4.79 Å². The number of carbonyl (C=O) groups is 1. The van der Waals surface area contributed by atoms with Crippen molar-refractivity contribution in [3.8, 4) is 0 Å². The third kappa shape index (κ3) is 3.96. The Bertz CT molecular complexity index is 574. The van der Waals surface area contributed by atoms with Crippen molar-refractivity contribution in [1.29, 1.82) is 0 Å². The molecule has 0 spiro atoms. The molecule has 1 aliphatic carbocycles. The smallest absolute Gasteiger partial charge is 0.294 e. The third-order valence-corrected chi connectivity index (χ3v) is 4.75. The lowest BCUT2D eigenvalue weighted by molar-refractivity contribution is -0.119. The number of nitrogens with zero attached hydrogens (tertiary/aromatic N) is 3. The Hall–Kier alpha value is -1.57. The number of hydrogen-bond acceptors (Lipinski definition) is 6. The maximum absolute atomic E-state index is 12.0. The minimum absolute atomic E-state index is 0.0615. The van der Waals surface area contributed by atoms with Gasteiger partial charge in [0.2, 0.25) is 11.1 Å². The largest absolute Gasteiger partial charge is 0.352 e. The molecule has 1 aromatic rings. The normalized spacial score (nSPS) is 22.0. The molecule has 21 heavy (non-hydrogen) atoms. The van der Waals surface area contributed by atoms with Crippen LogP contribution in [0.25, 0.3) is 0 Å². The molecule has 0 unspecified atom stereocenters. The zero-order chi connectivity index (χ0) is 15.4. The summed E-state index contributed by atoms with van der Waals surface area (Å²) in [7, 11) is 0. The summed E-state index contributed by atoms with van der Waals surface area (Å²) in [6, 6.07) is 0.246. The molecule has 0 aromatic carbocycles. The van der Waals surface area contributed by atoms with Gasteiger partial charge in [-0.3, -0.25) is 9.59 Å². The summed E-state index contributed by atoms with van der Waals surface area (Å²) in [6.45, 7) is 3.71. The number of nitrogens with two attached hydrogens (primary N) is 1. The van der Waals surface area contributed by atoms with Crippen molar-refractivity contribution in [1.82, 2.24) is 20.2 Å². The summed E-state index contributed by atoms with van der Waals surface area (Å²) in [5.74, 6) is 6.26. The van der Waals surface area contributed by atoms with Gasteiger partial charge in [0.25, 0.3) is 5.56 Å². The van der Waals surface area contributed by atoms with E-state index in [2.05, 4.69) is 22.4 Å². The van der Waals surface area contributed by atoms with Gasteiger partial charge in [0.05, 0.1) is 5.75 Å². The second-order valence-electron chi connectivity index (χ2n) is 5.47. The molecule has 1 saturated carbocycles. The van der Waals surface area contributed by atoms with Crippen LogP contribution in [0.4, 0.5) is 0 Å². The van der Waals surface area contributed by atoms with Crippen LogP contribution in [0, 0.1) is 12.8 Å². The predicted molar refractivity (Wildman–Crippen MR) is 81.5 cm³/mol. The van der Waals surface area contributed by atoms with E-state index in [4.69, 9.17) is 5.84 Å². The fraction of sp³-hybridized carbons (Fsp3) is 0.692. The summed E-state index contributed by atoms with van der Waals surface area (Å²) >= 11 is 1.12. The highest BCUT2D eigenvalue weighted by molar-refractivity contribution is 7.99. The van der Waals surface area contributed by atoms with E-state index >= 15 is 0 Å². The molecule has 0 radical (unpaired) electrons.